The molecule has 3 rings (SSSR count). The number of halogens is 1. The van der Waals surface area contributed by atoms with Crippen molar-refractivity contribution in [2.75, 3.05) is 0 Å². The second-order valence-corrected chi connectivity index (χ2v) is 5.79. The third kappa shape index (κ3) is 3.46. The van der Waals surface area contributed by atoms with Crippen molar-refractivity contribution in [1.82, 2.24) is 15.3 Å². The molecule has 0 amide bonds. The summed E-state index contributed by atoms with van der Waals surface area (Å²) in [5.41, 5.74) is 0.682. The van der Waals surface area contributed by atoms with Crippen molar-refractivity contribution in [3.8, 4) is 0 Å². The van der Waals surface area contributed by atoms with E-state index in [0.29, 0.717) is 22.6 Å². The third-order valence-electron chi connectivity index (χ3n) is 3.02. The Hall–Kier alpha value is -1.66. The molecule has 1 aromatic heterocycles. The van der Waals surface area contributed by atoms with Crippen molar-refractivity contribution in [1.29, 1.82) is 0 Å². The SMILES string of the molecule is O=c1ccnc(Sc2ccc(CNC3CC3)cc2F)[nH]1. The minimum Gasteiger partial charge on any atom is -0.310 e. The highest BCUT2D eigenvalue weighted by Crippen LogP contribution is 2.27. The molecule has 0 atom stereocenters. The van der Waals surface area contributed by atoms with Gasteiger partial charge in [-0.15, -0.1) is 0 Å². The van der Waals surface area contributed by atoms with E-state index in [1.54, 1.807) is 6.07 Å². The van der Waals surface area contributed by atoms with E-state index in [2.05, 4.69) is 15.3 Å². The Morgan fingerprint density at radius 2 is 2.25 bits per heavy atom. The van der Waals surface area contributed by atoms with Crippen LogP contribution < -0.4 is 10.9 Å². The average Bonchev–Trinajstić information content (AvgIpc) is 3.23. The number of nitrogens with zero attached hydrogens (tertiary/aromatic N) is 1. The van der Waals surface area contributed by atoms with E-state index in [-0.39, 0.29) is 11.4 Å². The lowest BCUT2D eigenvalue weighted by atomic mass is 10.2. The van der Waals surface area contributed by atoms with Crippen molar-refractivity contribution in [3.05, 3.63) is 52.2 Å². The van der Waals surface area contributed by atoms with E-state index in [0.717, 1.165) is 17.3 Å². The van der Waals surface area contributed by atoms with E-state index in [1.165, 1.54) is 31.2 Å². The fourth-order valence-corrected chi connectivity index (χ4v) is 2.56. The van der Waals surface area contributed by atoms with Crippen molar-refractivity contribution in [2.24, 2.45) is 0 Å². The van der Waals surface area contributed by atoms with E-state index < -0.39 is 0 Å². The molecule has 6 heteroatoms. The summed E-state index contributed by atoms with van der Waals surface area (Å²) in [4.78, 5) is 18.2. The summed E-state index contributed by atoms with van der Waals surface area (Å²) in [5, 5.41) is 3.73. The van der Waals surface area contributed by atoms with Crippen LogP contribution in [0.2, 0.25) is 0 Å². The first-order chi connectivity index (χ1) is 9.70. The van der Waals surface area contributed by atoms with Gasteiger partial charge in [-0.2, -0.15) is 0 Å². The first-order valence-corrected chi connectivity index (χ1v) is 7.27. The molecule has 1 heterocycles. The molecule has 0 unspecified atom stereocenters. The number of hydrogen-bond donors (Lipinski definition) is 2. The molecule has 0 aliphatic heterocycles. The molecular formula is C14H14FN3OS. The Balaban J connectivity index is 1.71. The number of hydrogen-bond acceptors (Lipinski definition) is 4. The van der Waals surface area contributed by atoms with Gasteiger partial charge < -0.3 is 10.3 Å². The molecule has 0 saturated heterocycles. The van der Waals surface area contributed by atoms with Crippen LogP contribution in [0.5, 0.6) is 0 Å². The number of H-pyrrole nitrogens is 1. The average molecular weight is 291 g/mol. The monoisotopic (exact) mass is 291 g/mol. The molecule has 0 spiro atoms. The van der Waals surface area contributed by atoms with Crippen LogP contribution in [0.1, 0.15) is 18.4 Å². The zero-order valence-corrected chi connectivity index (χ0v) is 11.5. The molecule has 0 bridgehead atoms. The molecule has 1 saturated carbocycles. The summed E-state index contributed by atoms with van der Waals surface area (Å²) in [6.45, 7) is 0.687. The number of aromatic nitrogens is 2. The molecular weight excluding hydrogens is 277 g/mol. The maximum atomic E-state index is 14.0. The molecule has 1 fully saturated rings. The quantitative estimate of drug-likeness (QED) is 0.830. The van der Waals surface area contributed by atoms with Gasteiger partial charge in [-0.1, -0.05) is 6.07 Å². The molecule has 0 radical (unpaired) electrons. The Labute approximate surface area is 119 Å². The van der Waals surface area contributed by atoms with Gasteiger partial charge in [0, 0.05) is 24.8 Å². The number of rotatable bonds is 5. The van der Waals surface area contributed by atoms with Crippen molar-refractivity contribution >= 4 is 11.8 Å². The van der Waals surface area contributed by atoms with Crippen LogP contribution in [-0.4, -0.2) is 16.0 Å². The minimum absolute atomic E-state index is 0.242. The first-order valence-electron chi connectivity index (χ1n) is 6.46. The van der Waals surface area contributed by atoms with Crippen LogP contribution in [0.15, 0.2) is 45.3 Å². The Morgan fingerprint density at radius 1 is 1.40 bits per heavy atom. The highest BCUT2D eigenvalue weighted by atomic mass is 32.2. The van der Waals surface area contributed by atoms with Gasteiger partial charge in [0.1, 0.15) is 5.82 Å². The van der Waals surface area contributed by atoms with E-state index in [1.807, 2.05) is 6.07 Å². The molecule has 104 valence electrons. The van der Waals surface area contributed by atoms with Crippen LogP contribution in [0, 0.1) is 5.82 Å². The molecule has 2 aromatic rings. The number of benzene rings is 1. The zero-order valence-electron chi connectivity index (χ0n) is 10.7. The Morgan fingerprint density at radius 3 is 2.95 bits per heavy atom. The van der Waals surface area contributed by atoms with Crippen molar-refractivity contribution < 1.29 is 4.39 Å². The van der Waals surface area contributed by atoms with Crippen LogP contribution >= 0.6 is 11.8 Å². The zero-order chi connectivity index (χ0) is 13.9. The lowest BCUT2D eigenvalue weighted by Gasteiger charge is -2.06. The van der Waals surface area contributed by atoms with Crippen LogP contribution in [0.3, 0.4) is 0 Å². The highest BCUT2D eigenvalue weighted by molar-refractivity contribution is 7.99. The molecule has 1 aliphatic rings. The summed E-state index contributed by atoms with van der Waals surface area (Å²) >= 11 is 1.11. The van der Waals surface area contributed by atoms with Crippen molar-refractivity contribution in [2.45, 2.75) is 35.5 Å². The van der Waals surface area contributed by atoms with Gasteiger partial charge in [-0.3, -0.25) is 4.79 Å². The summed E-state index contributed by atoms with van der Waals surface area (Å²) in [6, 6.07) is 7.07. The normalized spacial score (nSPS) is 14.4. The summed E-state index contributed by atoms with van der Waals surface area (Å²) in [7, 11) is 0. The van der Waals surface area contributed by atoms with Gasteiger partial charge in [0.25, 0.3) is 5.56 Å². The van der Waals surface area contributed by atoms with E-state index in [4.69, 9.17) is 0 Å². The fraction of sp³-hybridized carbons (Fsp3) is 0.286. The van der Waals surface area contributed by atoms with Gasteiger partial charge in [0.15, 0.2) is 5.16 Å². The molecule has 4 nitrogen and oxygen atoms in total. The summed E-state index contributed by atoms with van der Waals surface area (Å²) in [6.07, 6.45) is 3.83. The van der Waals surface area contributed by atoms with Crippen LogP contribution in [0.4, 0.5) is 4.39 Å². The van der Waals surface area contributed by atoms with Crippen molar-refractivity contribution in [3.63, 3.8) is 0 Å². The maximum absolute atomic E-state index is 14.0. The standard InChI is InChI=1S/C14H14FN3OS/c15-11-7-9(8-17-10-2-3-10)1-4-12(11)20-14-16-6-5-13(19)18-14/h1,4-7,10,17H,2-3,8H2,(H,16,18,19). The fourth-order valence-electron chi connectivity index (χ4n) is 1.79. The largest absolute Gasteiger partial charge is 0.310 e. The predicted molar refractivity (Wildman–Crippen MR) is 75.2 cm³/mol. The van der Waals surface area contributed by atoms with Gasteiger partial charge in [-0.25, -0.2) is 9.37 Å². The van der Waals surface area contributed by atoms with Crippen LogP contribution in [0.25, 0.3) is 0 Å². The van der Waals surface area contributed by atoms with Gasteiger partial charge in [0.05, 0.1) is 4.90 Å². The summed E-state index contributed by atoms with van der Waals surface area (Å²) in [5.74, 6) is -0.295. The summed E-state index contributed by atoms with van der Waals surface area (Å²) < 4.78 is 14.0. The molecule has 1 aliphatic carbocycles. The van der Waals surface area contributed by atoms with E-state index >= 15 is 0 Å². The third-order valence-corrected chi connectivity index (χ3v) is 3.97. The van der Waals surface area contributed by atoms with E-state index in [9.17, 15) is 9.18 Å². The molecule has 1 aromatic carbocycles. The second kappa shape index (κ2) is 5.76. The maximum Gasteiger partial charge on any atom is 0.251 e. The lowest BCUT2D eigenvalue weighted by Crippen LogP contribution is -2.15. The van der Waals surface area contributed by atoms with Gasteiger partial charge >= 0.3 is 0 Å². The Bertz CT molecular complexity index is 669. The lowest BCUT2D eigenvalue weighted by molar-refractivity contribution is 0.595. The second-order valence-electron chi connectivity index (χ2n) is 4.76. The molecule has 2 N–H and O–H groups in total. The van der Waals surface area contributed by atoms with Gasteiger partial charge in [0.2, 0.25) is 0 Å². The molecule has 20 heavy (non-hydrogen) atoms. The topological polar surface area (TPSA) is 57.8 Å². The predicted octanol–water partition coefficient (Wildman–Crippen LogP) is 2.31. The minimum atomic E-state index is -0.295. The first kappa shape index (κ1) is 13.3. The Kier molecular flexibility index (Phi) is 3.84. The smallest absolute Gasteiger partial charge is 0.251 e. The highest BCUT2D eigenvalue weighted by Gasteiger charge is 2.20. The number of aromatic amines is 1. The number of nitrogens with one attached hydrogen (secondary N) is 2. The van der Waals surface area contributed by atoms with Gasteiger partial charge in [-0.05, 0) is 42.3 Å². The van der Waals surface area contributed by atoms with Crippen LogP contribution in [-0.2, 0) is 6.54 Å².